The minimum absolute atomic E-state index is 0.146. The lowest BCUT2D eigenvalue weighted by molar-refractivity contribution is -0.388. The molecule has 0 aromatic carbocycles. The smallest absolute Gasteiger partial charge is 0.320 e. The second-order valence-electron chi connectivity index (χ2n) is 3.08. The number of nitrogens with one attached hydrogen (secondary N) is 1. The van der Waals surface area contributed by atoms with Gasteiger partial charge in [-0.05, 0) is 18.7 Å². The summed E-state index contributed by atoms with van der Waals surface area (Å²) in [5, 5.41) is 22.4. The molecule has 94 valence electrons. The molecule has 0 atom stereocenters. The van der Waals surface area contributed by atoms with E-state index in [9.17, 15) is 10.1 Å². The van der Waals surface area contributed by atoms with Gasteiger partial charge in [-0.1, -0.05) is 11.3 Å². The summed E-state index contributed by atoms with van der Waals surface area (Å²) >= 11 is 2.46. The minimum atomic E-state index is -0.518. The number of rotatable bonds is 4. The van der Waals surface area contributed by atoms with E-state index in [1.165, 1.54) is 17.5 Å². The summed E-state index contributed by atoms with van der Waals surface area (Å²) in [6, 6.07) is 0. The third-order valence-electron chi connectivity index (χ3n) is 1.85. The Kier molecular flexibility index (Phi) is 3.67. The van der Waals surface area contributed by atoms with Crippen LogP contribution in [0.3, 0.4) is 0 Å². The molecule has 0 saturated carbocycles. The van der Waals surface area contributed by atoms with E-state index in [2.05, 4.69) is 25.5 Å². The highest BCUT2D eigenvalue weighted by atomic mass is 32.2. The van der Waals surface area contributed by atoms with Crippen molar-refractivity contribution in [2.24, 2.45) is 0 Å². The van der Waals surface area contributed by atoms with Gasteiger partial charge in [0.25, 0.3) is 0 Å². The lowest BCUT2D eigenvalue weighted by Gasteiger charge is -2.01. The second-order valence-corrected chi connectivity index (χ2v) is 5.50. The Morgan fingerprint density at radius 1 is 1.50 bits per heavy atom. The highest BCUT2D eigenvalue weighted by Crippen LogP contribution is 2.34. The van der Waals surface area contributed by atoms with Crippen molar-refractivity contribution in [3.63, 3.8) is 0 Å². The number of aromatic nitrogens is 4. The van der Waals surface area contributed by atoms with Gasteiger partial charge in [-0.15, -0.1) is 10.2 Å². The normalized spacial score (nSPS) is 10.3. The molecule has 0 aliphatic carbocycles. The number of aryl methyl sites for hydroxylation is 1. The maximum Gasteiger partial charge on any atom is 0.320 e. The molecule has 2 heterocycles. The van der Waals surface area contributed by atoms with Crippen molar-refractivity contribution in [3.05, 3.63) is 21.3 Å². The number of hydrogen-bond donors (Lipinski definition) is 1. The van der Waals surface area contributed by atoms with E-state index in [0.717, 1.165) is 16.8 Å². The molecular formula is C8H8N6O2S2. The van der Waals surface area contributed by atoms with Crippen molar-refractivity contribution < 1.29 is 4.92 Å². The molecule has 0 radical (unpaired) electrons. The molecule has 2 rings (SSSR count). The van der Waals surface area contributed by atoms with Gasteiger partial charge in [0.15, 0.2) is 9.37 Å². The Morgan fingerprint density at radius 2 is 2.28 bits per heavy atom. The predicted molar refractivity (Wildman–Crippen MR) is 67.0 cm³/mol. The van der Waals surface area contributed by atoms with Crippen LogP contribution in [0.2, 0.25) is 0 Å². The van der Waals surface area contributed by atoms with Gasteiger partial charge < -0.3 is 5.32 Å². The molecular weight excluding hydrogens is 276 g/mol. The van der Waals surface area contributed by atoms with Gasteiger partial charge in [-0.2, -0.15) is 4.98 Å². The van der Waals surface area contributed by atoms with Crippen LogP contribution in [0.5, 0.6) is 0 Å². The average Bonchev–Trinajstić information content (AvgIpc) is 2.74. The SMILES string of the molecule is CNc1ncc([N+](=O)[O-])c(Sc2nnc(C)s2)n1. The van der Waals surface area contributed by atoms with Crippen LogP contribution in [0.25, 0.3) is 0 Å². The summed E-state index contributed by atoms with van der Waals surface area (Å²) in [7, 11) is 1.64. The Hall–Kier alpha value is -1.81. The maximum atomic E-state index is 10.9. The molecule has 0 aliphatic rings. The molecule has 18 heavy (non-hydrogen) atoms. The zero-order chi connectivity index (χ0) is 13.1. The van der Waals surface area contributed by atoms with Gasteiger partial charge in [0.05, 0.1) is 4.92 Å². The molecule has 0 fully saturated rings. The Bertz CT molecular complexity index is 587. The van der Waals surface area contributed by atoms with Crippen LogP contribution >= 0.6 is 23.1 Å². The zero-order valence-corrected chi connectivity index (χ0v) is 11.1. The molecule has 0 bridgehead atoms. The summed E-state index contributed by atoms with van der Waals surface area (Å²) in [5.74, 6) is 0.323. The van der Waals surface area contributed by atoms with Crippen LogP contribution in [0.1, 0.15) is 5.01 Å². The summed E-state index contributed by atoms with van der Waals surface area (Å²) < 4.78 is 0.608. The fourth-order valence-corrected chi connectivity index (χ4v) is 2.88. The molecule has 0 spiro atoms. The first-order chi connectivity index (χ1) is 8.60. The minimum Gasteiger partial charge on any atom is -0.357 e. The molecule has 1 N–H and O–H groups in total. The predicted octanol–water partition coefficient (Wildman–Crippen LogP) is 1.74. The first kappa shape index (κ1) is 12.6. The summed E-state index contributed by atoms with van der Waals surface area (Å²) in [6.45, 7) is 1.81. The van der Waals surface area contributed by atoms with E-state index >= 15 is 0 Å². The first-order valence-corrected chi connectivity index (χ1v) is 6.40. The van der Waals surface area contributed by atoms with Crippen LogP contribution < -0.4 is 5.32 Å². The van der Waals surface area contributed by atoms with Crippen molar-refractivity contribution in [1.82, 2.24) is 20.2 Å². The van der Waals surface area contributed by atoms with E-state index in [4.69, 9.17) is 0 Å². The number of hydrogen-bond acceptors (Lipinski definition) is 9. The fraction of sp³-hybridized carbons (Fsp3) is 0.250. The molecule has 0 aliphatic heterocycles. The lowest BCUT2D eigenvalue weighted by Crippen LogP contribution is -2.00. The fourth-order valence-electron chi connectivity index (χ4n) is 1.08. The lowest BCUT2D eigenvalue weighted by atomic mass is 10.5. The molecule has 0 unspecified atom stereocenters. The van der Waals surface area contributed by atoms with Crippen LogP contribution in [0.15, 0.2) is 15.6 Å². The monoisotopic (exact) mass is 284 g/mol. The molecule has 0 amide bonds. The summed E-state index contributed by atoms with van der Waals surface area (Å²) in [4.78, 5) is 18.2. The van der Waals surface area contributed by atoms with Gasteiger partial charge in [0.2, 0.25) is 5.95 Å². The van der Waals surface area contributed by atoms with Gasteiger partial charge in [-0.3, -0.25) is 10.1 Å². The maximum absolute atomic E-state index is 10.9. The second kappa shape index (κ2) is 5.23. The quantitative estimate of drug-likeness (QED) is 0.514. The first-order valence-electron chi connectivity index (χ1n) is 4.77. The summed E-state index contributed by atoms with van der Waals surface area (Å²) in [5.41, 5.74) is -0.146. The van der Waals surface area contributed by atoms with Crippen molar-refractivity contribution in [1.29, 1.82) is 0 Å². The number of nitro groups is 1. The van der Waals surface area contributed by atoms with E-state index in [1.807, 2.05) is 6.92 Å². The Morgan fingerprint density at radius 3 is 2.83 bits per heavy atom. The van der Waals surface area contributed by atoms with Crippen molar-refractivity contribution in [2.75, 3.05) is 12.4 Å². The number of anilines is 1. The van der Waals surface area contributed by atoms with Crippen molar-refractivity contribution >= 4 is 34.7 Å². The van der Waals surface area contributed by atoms with Gasteiger partial charge in [-0.25, -0.2) is 4.98 Å². The molecule has 2 aromatic rings. The highest BCUT2D eigenvalue weighted by molar-refractivity contribution is 8.01. The van der Waals surface area contributed by atoms with Gasteiger partial charge in [0.1, 0.15) is 11.2 Å². The number of nitrogens with zero attached hydrogens (tertiary/aromatic N) is 5. The van der Waals surface area contributed by atoms with Gasteiger partial charge >= 0.3 is 5.69 Å². The Balaban J connectivity index is 2.37. The summed E-state index contributed by atoms with van der Waals surface area (Å²) in [6.07, 6.45) is 1.18. The standard InChI is InChI=1S/C8H8N6O2S2/c1-4-12-13-8(17-4)18-6-5(14(15)16)3-10-7(9-2)11-6/h3H,1-2H3,(H,9,10,11). The zero-order valence-electron chi connectivity index (χ0n) is 9.45. The van der Waals surface area contributed by atoms with Crippen LogP contribution in [-0.4, -0.2) is 32.1 Å². The van der Waals surface area contributed by atoms with Crippen LogP contribution in [0.4, 0.5) is 11.6 Å². The largest absolute Gasteiger partial charge is 0.357 e. The molecule has 0 saturated heterocycles. The highest BCUT2D eigenvalue weighted by Gasteiger charge is 2.19. The Labute approximate surface area is 110 Å². The molecule has 2 aromatic heterocycles. The topological polar surface area (TPSA) is 107 Å². The van der Waals surface area contributed by atoms with E-state index in [0.29, 0.717) is 10.3 Å². The molecule has 10 heteroatoms. The van der Waals surface area contributed by atoms with E-state index in [1.54, 1.807) is 7.05 Å². The van der Waals surface area contributed by atoms with E-state index < -0.39 is 4.92 Å². The van der Waals surface area contributed by atoms with Gasteiger partial charge in [0, 0.05) is 7.05 Å². The van der Waals surface area contributed by atoms with Crippen molar-refractivity contribution in [3.8, 4) is 0 Å². The molecule has 8 nitrogen and oxygen atoms in total. The van der Waals surface area contributed by atoms with E-state index in [-0.39, 0.29) is 10.7 Å². The third kappa shape index (κ3) is 2.71. The average molecular weight is 284 g/mol. The van der Waals surface area contributed by atoms with Crippen LogP contribution in [0, 0.1) is 17.0 Å². The van der Waals surface area contributed by atoms with Crippen molar-refractivity contribution in [2.45, 2.75) is 16.3 Å². The van der Waals surface area contributed by atoms with Crippen LogP contribution in [-0.2, 0) is 0 Å². The third-order valence-corrected chi connectivity index (χ3v) is 3.73.